The summed E-state index contributed by atoms with van der Waals surface area (Å²) in [6.07, 6.45) is 34.0. The Labute approximate surface area is 420 Å². The van der Waals surface area contributed by atoms with Gasteiger partial charge in [-0.25, -0.2) is 13.9 Å². The van der Waals surface area contributed by atoms with Crippen molar-refractivity contribution in [2.45, 2.75) is 198 Å². The Morgan fingerprint density at radius 2 is 1.30 bits per heavy atom. The molecule has 19 nitrogen and oxygen atoms in total. The van der Waals surface area contributed by atoms with Crippen LogP contribution in [-0.2, 0) is 46.3 Å². The van der Waals surface area contributed by atoms with E-state index in [1.807, 2.05) is 43.4 Å². The number of phosphoric ester groups is 2. The lowest BCUT2D eigenvalue weighted by atomic mass is 10.0. The van der Waals surface area contributed by atoms with Crippen molar-refractivity contribution in [1.29, 1.82) is 0 Å². The molecule has 2 heterocycles. The molecular weight excluding hydrogens is 961 g/mol. The van der Waals surface area contributed by atoms with Gasteiger partial charge in [-0.2, -0.15) is 9.29 Å². The number of aliphatic hydroxyl groups excluding tert-OH is 3. The lowest BCUT2D eigenvalue weighted by Gasteiger charge is -2.21. The van der Waals surface area contributed by atoms with Crippen LogP contribution in [0.2, 0.25) is 0 Å². The molecule has 1 aliphatic heterocycles. The topological polar surface area (TPSA) is 286 Å². The molecule has 0 radical (unpaired) electrons. The zero-order valence-electron chi connectivity index (χ0n) is 41.9. The summed E-state index contributed by atoms with van der Waals surface area (Å²) >= 11 is 0. The number of unbranched alkanes of at least 4 members (excludes halogenated alkanes) is 15. The number of hydrogen-bond donors (Lipinski definition) is 6. The second-order valence-electron chi connectivity index (χ2n) is 17.5. The van der Waals surface area contributed by atoms with Crippen LogP contribution < -0.4 is 11.4 Å². The molecule has 8 atom stereocenters. The monoisotopic (exact) mass is 1040 g/mol. The largest absolute Gasteiger partial charge is 0.481 e. The fraction of sp³-hybridized carbons (Fsp3) is 0.680. The predicted octanol–water partition coefficient (Wildman–Crippen LogP) is 9.30. The third-order valence-corrected chi connectivity index (χ3v) is 13.9. The highest BCUT2D eigenvalue weighted by Crippen LogP contribution is 2.60. The number of carbonyl (C=O) groups excluding carboxylic acids is 2. The molecule has 0 aliphatic carbocycles. The summed E-state index contributed by atoms with van der Waals surface area (Å²) in [6.45, 7) is 1.77. The Balaban J connectivity index is 1.83. The zero-order valence-corrected chi connectivity index (χ0v) is 43.7. The van der Waals surface area contributed by atoms with Crippen LogP contribution >= 0.6 is 15.6 Å². The number of rotatable bonds is 41. The molecule has 2 rings (SSSR count). The van der Waals surface area contributed by atoms with Gasteiger partial charge in [-0.3, -0.25) is 23.2 Å². The summed E-state index contributed by atoms with van der Waals surface area (Å²) in [6, 6.07) is 1.24. The van der Waals surface area contributed by atoms with Crippen molar-refractivity contribution < 1.29 is 71.4 Å². The number of nitrogens with two attached hydrogens (primary N) is 1. The maximum absolute atomic E-state index is 12.9. The molecule has 0 amide bonds. The molecule has 1 aliphatic rings. The molecule has 1 saturated heterocycles. The summed E-state index contributed by atoms with van der Waals surface area (Å²) in [7, 11) is -10.9. The second kappa shape index (κ2) is 38.1. The minimum absolute atomic E-state index is 0.0317. The van der Waals surface area contributed by atoms with Gasteiger partial charge < -0.3 is 45.1 Å². The SMILES string of the molecule is CCCCCCCCCCCCCCCCCC(=O)O[C@H](COC(=O)CCC/C=C\C/C=C\C/C=C\C/C=C\C=C\[C@@H](O)CC)COP(=O)(O)OP(=O)(O)OC[C@H]1O[C@@H](n2ccc(N)nc2=O)[C@H](O)[C@@H]1O. The molecular formula is C50H83N3O16P2. The molecule has 0 saturated carbocycles. The smallest absolute Gasteiger partial charge is 0.462 e. The Hall–Kier alpha value is -3.58. The molecule has 0 spiro atoms. The van der Waals surface area contributed by atoms with Gasteiger partial charge in [0, 0.05) is 19.0 Å². The first kappa shape index (κ1) is 63.5. The maximum Gasteiger partial charge on any atom is 0.481 e. The lowest BCUT2D eigenvalue weighted by molar-refractivity contribution is -0.161. The van der Waals surface area contributed by atoms with Gasteiger partial charge in [-0.15, -0.1) is 0 Å². The summed E-state index contributed by atoms with van der Waals surface area (Å²) in [5.41, 5.74) is 4.58. The number of esters is 2. The van der Waals surface area contributed by atoms with Crippen LogP contribution in [0.4, 0.5) is 5.82 Å². The van der Waals surface area contributed by atoms with Gasteiger partial charge in [0.25, 0.3) is 0 Å². The van der Waals surface area contributed by atoms with Gasteiger partial charge in [0.1, 0.15) is 30.7 Å². The number of anilines is 1. The number of hydrogen-bond acceptors (Lipinski definition) is 16. The van der Waals surface area contributed by atoms with Crippen molar-refractivity contribution in [1.82, 2.24) is 9.55 Å². The van der Waals surface area contributed by atoms with Crippen molar-refractivity contribution in [3.05, 3.63) is 83.5 Å². The number of phosphoric acid groups is 2. The molecule has 1 aromatic heterocycles. The van der Waals surface area contributed by atoms with Crippen molar-refractivity contribution in [2.75, 3.05) is 25.6 Å². The normalized spacial score (nSPS) is 20.1. The summed E-state index contributed by atoms with van der Waals surface area (Å²) in [5, 5.41) is 30.4. The Morgan fingerprint density at radius 3 is 1.89 bits per heavy atom. The molecule has 404 valence electrons. The Kier molecular flexibility index (Phi) is 34.1. The fourth-order valence-electron chi connectivity index (χ4n) is 7.18. The van der Waals surface area contributed by atoms with E-state index in [-0.39, 0.29) is 18.7 Å². The number of nitrogen functional groups attached to an aromatic ring is 1. The van der Waals surface area contributed by atoms with Crippen LogP contribution in [0.5, 0.6) is 0 Å². The molecule has 0 aromatic carbocycles. The number of ether oxygens (including phenoxy) is 3. The van der Waals surface area contributed by atoms with Crippen LogP contribution in [0, 0.1) is 0 Å². The second-order valence-corrected chi connectivity index (χ2v) is 20.5. The van der Waals surface area contributed by atoms with Gasteiger partial charge in [-0.05, 0) is 51.0 Å². The van der Waals surface area contributed by atoms with Crippen molar-refractivity contribution in [3.8, 4) is 0 Å². The molecule has 7 N–H and O–H groups in total. The van der Waals surface area contributed by atoms with E-state index >= 15 is 0 Å². The van der Waals surface area contributed by atoms with Gasteiger partial charge in [-0.1, -0.05) is 164 Å². The molecule has 2 unspecified atom stereocenters. The summed E-state index contributed by atoms with van der Waals surface area (Å²) < 4.78 is 56.7. The number of aliphatic hydroxyl groups is 3. The first-order chi connectivity index (χ1) is 34.1. The average Bonchev–Trinajstić information content (AvgIpc) is 3.61. The van der Waals surface area contributed by atoms with Gasteiger partial charge in [0.15, 0.2) is 12.3 Å². The van der Waals surface area contributed by atoms with E-state index in [0.717, 1.165) is 55.7 Å². The first-order valence-corrected chi connectivity index (χ1v) is 28.4. The number of allylic oxidation sites excluding steroid dienone is 9. The van der Waals surface area contributed by atoms with Crippen LogP contribution in [0.25, 0.3) is 0 Å². The molecule has 21 heteroatoms. The molecule has 1 aromatic rings. The predicted molar refractivity (Wildman–Crippen MR) is 272 cm³/mol. The first-order valence-electron chi connectivity index (χ1n) is 25.4. The van der Waals surface area contributed by atoms with E-state index in [1.54, 1.807) is 6.08 Å². The zero-order chi connectivity index (χ0) is 52.2. The quantitative estimate of drug-likeness (QED) is 0.0117. The van der Waals surface area contributed by atoms with Gasteiger partial charge in [0.2, 0.25) is 0 Å². The van der Waals surface area contributed by atoms with Crippen molar-refractivity contribution >= 4 is 33.4 Å². The molecule has 71 heavy (non-hydrogen) atoms. The van der Waals surface area contributed by atoms with Gasteiger partial charge in [0.05, 0.1) is 19.3 Å². The van der Waals surface area contributed by atoms with E-state index in [2.05, 4.69) is 34.4 Å². The Morgan fingerprint density at radius 1 is 0.746 bits per heavy atom. The average molecular weight is 1040 g/mol. The van der Waals surface area contributed by atoms with Crippen LogP contribution in [0.15, 0.2) is 77.8 Å². The highest BCUT2D eigenvalue weighted by molar-refractivity contribution is 7.61. The van der Waals surface area contributed by atoms with Crippen molar-refractivity contribution in [3.63, 3.8) is 0 Å². The molecule has 0 bridgehead atoms. The van der Waals surface area contributed by atoms with E-state index in [1.165, 1.54) is 70.3 Å². The molecule has 1 fully saturated rings. The van der Waals surface area contributed by atoms with E-state index in [4.69, 9.17) is 29.0 Å². The lowest BCUT2D eigenvalue weighted by Crippen LogP contribution is -2.36. The minimum atomic E-state index is -5.44. The summed E-state index contributed by atoms with van der Waals surface area (Å²) in [5.74, 6) is -1.39. The van der Waals surface area contributed by atoms with Crippen molar-refractivity contribution in [2.24, 2.45) is 0 Å². The maximum atomic E-state index is 12.9. The van der Waals surface area contributed by atoms with Crippen LogP contribution in [0.3, 0.4) is 0 Å². The van der Waals surface area contributed by atoms with E-state index < -0.39 is 89.8 Å². The standard InChI is InChI=1S/C50H83N3O16P2/c1-3-5-6-7-8-9-10-11-12-17-20-23-26-29-32-35-46(56)67-42(38-64-45(55)34-31-28-25-22-19-16-14-13-15-18-21-24-27-30-33-41(54)4-2)39-65-70(60,61)69-71(62,63)66-40-43-47(57)48(58)49(68-43)53-37-36-44(51)52-50(53)59/h14-16,18,22,24-25,27,30,33,36-37,41-43,47-49,54,57-58H,3-13,17,19-21,23,26,28-29,31-32,34-35,38-40H2,1-2H3,(H,60,61)(H,62,63)(H2,51,52,59)/b16-14-,18-15-,25-22-,27-24-,33-30+/t41-,42+,43+,47+,48+,49+/m0/s1. The van der Waals surface area contributed by atoms with Crippen LogP contribution in [-0.4, -0.2) is 96.9 Å². The summed E-state index contributed by atoms with van der Waals surface area (Å²) in [4.78, 5) is 61.9. The Bertz CT molecular complexity index is 1940. The fourth-order valence-corrected chi connectivity index (χ4v) is 9.29. The highest BCUT2D eigenvalue weighted by atomic mass is 31.3. The number of nitrogens with zero attached hydrogens (tertiary/aromatic N) is 2. The van der Waals surface area contributed by atoms with Crippen LogP contribution in [0.1, 0.15) is 168 Å². The number of aromatic nitrogens is 2. The van der Waals surface area contributed by atoms with E-state index in [0.29, 0.717) is 25.7 Å². The minimum Gasteiger partial charge on any atom is -0.462 e. The third-order valence-electron chi connectivity index (χ3n) is 11.3. The van der Waals surface area contributed by atoms with Gasteiger partial charge >= 0.3 is 33.3 Å². The number of carbonyl (C=O) groups is 2. The third kappa shape index (κ3) is 30.9. The van der Waals surface area contributed by atoms with E-state index in [9.17, 15) is 48.6 Å². The highest BCUT2D eigenvalue weighted by Gasteiger charge is 2.46.